The van der Waals surface area contributed by atoms with E-state index < -0.39 is 12.1 Å². The van der Waals surface area contributed by atoms with E-state index in [1.54, 1.807) is 12.1 Å². The van der Waals surface area contributed by atoms with Crippen molar-refractivity contribution in [1.82, 2.24) is 5.32 Å². The Balaban J connectivity index is 1.82. The van der Waals surface area contributed by atoms with Crippen LogP contribution in [0.3, 0.4) is 0 Å². The number of benzene rings is 2. The molecule has 134 valence electrons. The highest BCUT2D eigenvalue weighted by Crippen LogP contribution is 2.18. The van der Waals surface area contributed by atoms with Crippen molar-refractivity contribution in [2.24, 2.45) is 5.73 Å². The zero-order valence-corrected chi connectivity index (χ0v) is 14.7. The Labute approximate surface area is 148 Å². The molecule has 1 amide bonds. The highest BCUT2D eigenvalue weighted by molar-refractivity contribution is 5.81. The van der Waals surface area contributed by atoms with Gasteiger partial charge in [0.25, 0.3) is 0 Å². The summed E-state index contributed by atoms with van der Waals surface area (Å²) in [7, 11) is 0. The second-order valence-electron chi connectivity index (χ2n) is 6.29. The molecule has 0 aromatic heterocycles. The zero-order chi connectivity index (χ0) is 18.2. The number of ether oxygens (including phenoxy) is 1. The Bertz CT molecular complexity index is 656. The summed E-state index contributed by atoms with van der Waals surface area (Å²) in [6, 6.07) is 16.2. The zero-order valence-electron chi connectivity index (χ0n) is 14.7. The molecule has 0 fully saturated rings. The third-order valence-corrected chi connectivity index (χ3v) is 3.74. The maximum atomic E-state index is 12.1. The van der Waals surface area contributed by atoms with E-state index in [2.05, 4.69) is 5.32 Å². The fourth-order valence-corrected chi connectivity index (χ4v) is 2.45. The molecule has 2 rings (SSSR count). The third kappa shape index (κ3) is 6.21. The molecule has 2 aromatic carbocycles. The number of nitrogens with two attached hydrogens (primary N) is 1. The number of nitrogens with one attached hydrogen (secondary N) is 1. The molecule has 0 radical (unpaired) electrons. The van der Waals surface area contributed by atoms with Gasteiger partial charge in [0.15, 0.2) is 0 Å². The second-order valence-corrected chi connectivity index (χ2v) is 6.29. The number of hydrogen-bond acceptors (Lipinski definition) is 4. The Morgan fingerprint density at radius 1 is 1.12 bits per heavy atom. The first-order valence-corrected chi connectivity index (χ1v) is 8.47. The summed E-state index contributed by atoms with van der Waals surface area (Å²) in [4.78, 5) is 12.1. The maximum Gasteiger partial charge on any atom is 0.237 e. The topological polar surface area (TPSA) is 84.6 Å². The van der Waals surface area contributed by atoms with E-state index in [1.165, 1.54) is 0 Å². The van der Waals surface area contributed by atoms with E-state index in [-0.39, 0.29) is 18.6 Å². The Morgan fingerprint density at radius 3 is 2.36 bits per heavy atom. The van der Waals surface area contributed by atoms with Crippen LogP contribution >= 0.6 is 0 Å². The molecule has 5 heteroatoms. The standard InChI is InChI=1S/C20H26N2O3/c1-14(2)25-17-10-8-16(9-11-17)19(23)13-22-20(24)18(21)12-15-6-4-3-5-7-15/h3-11,14,18-19,23H,12-13,21H2,1-2H3,(H,22,24)/t18-,19?/m0/s1. The van der Waals surface area contributed by atoms with Crippen molar-refractivity contribution in [3.8, 4) is 5.75 Å². The molecule has 0 aliphatic rings. The van der Waals surface area contributed by atoms with Gasteiger partial charge < -0.3 is 20.9 Å². The molecular formula is C20H26N2O3. The molecule has 0 aliphatic heterocycles. The minimum Gasteiger partial charge on any atom is -0.491 e. The highest BCUT2D eigenvalue weighted by atomic mass is 16.5. The minimum atomic E-state index is -0.791. The summed E-state index contributed by atoms with van der Waals surface area (Å²) in [5.41, 5.74) is 7.65. The number of carbonyl (C=O) groups is 1. The summed E-state index contributed by atoms with van der Waals surface area (Å²) < 4.78 is 5.57. The van der Waals surface area contributed by atoms with Crippen LogP contribution < -0.4 is 15.8 Å². The summed E-state index contributed by atoms with van der Waals surface area (Å²) in [6.07, 6.45) is -0.230. The number of aliphatic hydroxyl groups excluding tert-OH is 1. The summed E-state index contributed by atoms with van der Waals surface area (Å²) in [5.74, 6) is 0.475. The molecule has 0 heterocycles. The van der Waals surface area contributed by atoms with Crippen LogP contribution in [0.2, 0.25) is 0 Å². The average Bonchev–Trinajstić information content (AvgIpc) is 2.60. The molecule has 1 unspecified atom stereocenters. The van der Waals surface area contributed by atoms with Crippen molar-refractivity contribution >= 4 is 5.91 Å². The molecule has 2 atom stereocenters. The van der Waals surface area contributed by atoms with Crippen molar-refractivity contribution < 1.29 is 14.6 Å². The van der Waals surface area contributed by atoms with Crippen LogP contribution in [-0.4, -0.2) is 29.7 Å². The number of rotatable bonds is 8. The summed E-state index contributed by atoms with van der Waals surface area (Å²) in [5, 5.41) is 12.9. The molecule has 0 spiro atoms. The van der Waals surface area contributed by atoms with Crippen molar-refractivity contribution in [3.63, 3.8) is 0 Å². The summed E-state index contributed by atoms with van der Waals surface area (Å²) in [6.45, 7) is 4.03. The van der Waals surface area contributed by atoms with Crippen LogP contribution in [0.25, 0.3) is 0 Å². The predicted octanol–water partition coefficient (Wildman–Crippen LogP) is 2.19. The molecule has 25 heavy (non-hydrogen) atoms. The van der Waals surface area contributed by atoms with Crippen molar-refractivity contribution in [2.75, 3.05) is 6.54 Å². The first-order chi connectivity index (χ1) is 12.0. The fraction of sp³-hybridized carbons (Fsp3) is 0.350. The lowest BCUT2D eigenvalue weighted by molar-refractivity contribution is -0.122. The van der Waals surface area contributed by atoms with Crippen LogP contribution in [0, 0.1) is 0 Å². The van der Waals surface area contributed by atoms with Gasteiger partial charge in [0.2, 0.25) is 5.91 Å². The first kappa shape index (κ1) is 19.0. The van der Waals surface area contributed by atoms with Gasteiger partial charge in [0.1, 0.15) is 5.75 Å². The van der Waals surface area contributed by atoms with E-state index in [4.69, 9.17) is 10.5 Å². The molecule has 2 aromatic rings. The molecular weight excluding hydrogens is 316 g/mol. The summed E-state index contributed by atoms with van der Waals surface area (Å²) >= 11 is 0. The Hall–Kier alpha value is -2.37. The van der Waals surface area contributed by atoms with E-state index in [0.717, 1.165) is 11.3 Å². The van der Waals surface area contributed by atoms with Gasteiger partial charge in [-0.1, -0.05) is 42.5 Å². The lowest BCUT2D eigenvalue weighted by Gasteiger charge is -2.16. The van der Waals surface area contributed by atoms with Gasteiger partial charge in [-0.15, -0.1) is 0 Å². The lowest BCUT2D eigenvalue weighted by Crippen LogP contribution is -2.43. The van der Waals surface area contributed by atoms with Crippen LogP contribution in [0.4, 0.5) is 0 Å². The smallest absolute Gasteiger partial charge is 0.237 e. The molecule has 0 aliphatic carbocycles. The SMILES string of the molecule is CC(C)Oc1ccc(C(O)CNC(=O)[C@@H](N)Cc2ccccc2)cc1. The largest absolute Gasteiger partial charge is 0.491 e. The lowest BCUT2D eigenvalue weighted by atomic mass is 10.1. The van der Waals surface area contributed by atoms with E-state index >= 15 is 0 Å². The average molecular weight is 342 g/mol. The van der Waals surface area contributed by atoms with Crippen molar-refractivity contribution in [1.29, 1.82) is 0 Å². The van der Waals surface area contributed by atoms with Gasteiger partial charge in [0, 0.05) is 6.54 Å². The van der Waals surface area contributed by atoms with Crippen LogP contribution in [-0.2, 0) is 11.2 Å². The second kappa shape index (κ2) is 9.20. The Kier molecular flexibility index (Phi) is 6.98. The molecule has 0 bridgehead atoms. The van der Waals surface area contributed by atoms with Crippen molar-refractivity contribution in [2.45, 2.75) is 38.5 Å². The van der Waals surface area contributed by atoms with Gasteiger partial charge in [-0.05, 0) is 43.5 Å². The quantitative estimate of drug-likeness (QED) is 0.686. The number of carbonyl (C=O) groups excluding carboxylic acids is 1. The van der Waals surface area contributed by atoms with Crippen LogP contribution in [0.5, 0.6) is 5.75 Å². The normalized spacial score (nSPS) is 13.3. The monoisotopic (exact) mass is 342 g/mol. The number of amides is 1. The highest BCUT2D eigenvalue weighted by Gasteiger charge is 2.16. The maximum absolute atomic E-state index is 12.1. The minimum absolute atomic E-state index is 0.0983. The van der Waals surface area contributed by atoms with Gasteiger partial charge in [-0.3, -0.25) is 4.79 Å². The van der Waals surface area contributed by atoms with Gasteiger partial charge >= 0.3 is 0 Å². The third-order valence-electron chi connectivity index (χ3n) is 3.74. The van der Waals surface area contributed by atoms with E-state index in [0.29, 0.717) is 12.0 Å². The van der Waals surface area contributed by atoms with Crippen LogP contribution in [0.15, 0.2) is 54.6 Å². The van der Waals surface area contributed by atoms with E-state index in [1.807, 2.05) is 56.3 Å². The van der Waals surface area contributed by atoms with Gasteiger partial charge in [0.05, 0.1) is 18.2 Å². The predicted molar refractivity (Wildman–Crippen MR) is 98.3 cm³/mol. The van der Waals surface area contributed by atoms with Crippen molar-refractivity contribution in [3.05, 3.63) is 65.7 Å². The Morgan fingerprint density at radius 2 is 1.76 bits per heavy atom. The first-order valence-electron chi connectivity index (χ1n) is 8.47. The molecule has 4 N–H and O–H groups in total. The molecule has 0 saturated carbocycles. The molecule has 0 saturated heterocycles. The van der Waals surface area contributed by atoms with Gasteiger partial charge in [-0.2, -0.15) is 0 Å². The van der Waals surface area contributed by atoms with Crippen LogP contribution in [0.1, 0.15) is 31.1 Å². The fourth-order valence-electron chi connectivity index (χ4n) is 2.45. The number of aliphatic hydroxyl groups is 1. The van der Waals surface area contributed by atoms with Gasteiger partial charge in [-0.25, -0.2) is 0 Å². The van der Waals surface area contributed by atoms with E-state index in [9.17, 15) is 9.90 Å². The molecule has 5 nitrogen and oxygen atoms in total. The number of hydrogen-bond donors (Lipinski definition) is 3.